The summed E-state index contributed by atoms with van der Waals surface area (Å²) in [5.41, 5.74) is 7.08. The largest absolute Gasteiger partial charge is 0.417 e. The van der Waals surface area contributed by atoms with Crippen LogP contribution in [0.1, 0.15) is 0 Å². The van der Waals surface area contributed by atoms with Crippen LogP contribution in [-0.2, 0) is 6.54 Å². The van der Waals surface area contributed by atoms with Crippen LogP contribution in [0.3, 0.4) is 0 Å². The van der Waals surface area contributed by atoms with Crippen LogP contribution in [0.5, 0.6) is 5.75 Å². The number of carbonyl (C=O) groups is 1. The van der Waals surface area contributed by atoms with E-state index in [0.29, 0.717) is 35.6 Å². The number of aromatic nitrogens is 3. The maximum atomic E-state index is 11.9. The lowest BCUT2D eigenvalue weighted by atomic mass is 10.3. The van der Waals surface area contributed by atoms with Crippen LogP contribution in [-0.4, -0.2) is 27.2 Å². The Hall–Kier alpha value is -3.13. The standard InChI is InChI=1S/C15H15N5O3/c16-5-7-20-13-8-11(3-4-12(13)19-14(20)21)23-15(22)18-10-2-1-6-17-9-10/h1-4,6,8-9H,5,7,16H2,(H,18,22)(H,19,21). The Morgan fingerprint density at radius 2 is 2.26 bits per heavy atom. The minimum absolute atomic E-state index is 0.248. The Balaban J connectivity index is 1.81. The normalized spacial score (nSPS) is 10.7. The minimum atomic E-state index is -0.638. The van der Waals surface area contributed by atoms with Gasteiger partial charge in [0, 0.05) is 25.4 Å². The number of benzene rings is 1. The number of rotatable bonds is 4. The molecule has 4 N–H and O–H groups in total. The van der Waals surface area contributed by atoms with E-state index in [-0.39, 0.29) is 5.69 Å². The average Bonchev–Trinajstić information content (AvgIpc) is 2.84. The van der Waals surface area contributed by atoms with Crippen molar-refractivity contribution in [1.82, 2.24) is 14.5 Å². The third kappa shape index (κ3) is 3.22. The summed E-state index contributed by atoms with van der Waals surface area (Å²) in [4.78, 5) is 30.3. The van der Waals surface area contributed by atoms with Gasteiger partial charge in [0.1, 0.15) is 5.75 Å². The maximum absolute atomic E-state index is 11.9. The summed E-state index contributed by atoms with van der Waals surface area (Å²) in [6.07, 6.45) is 2.48. The highest BCUT2D eigenvalue weighted by Crippen LogP contribution is 2.19. The molecule has 0 aliphatic carbocycles. The SMILES string of the molecule is NCCn1c(=O)[nH]c2ccc(OC(=O)Nc3cccnc3)cc21. The Labute approximate surface area is 130 Å². The molecular formula is C15H15N5O3. The fourth-order valence-electron chi connectivity index (χ4n) is 2.23. The lowest BCUT2D eigenvalue weighted by molar-refractivity contribution is 0.215. The van der Waals surface area contributed by atoms with Gasteiger partial charge in [0.15, 0.2) is 0 Å². The number of hydrogen-bond acceptors (Lipinski definition) is 5. The van der Waals surface area contributed by atoms with Crippen LogP contribution in [0.2, 0.25) is 0 Å². The number of carbonyl (C=O) groups excluding carboxylic acids is 1. The summed E-state index contributed by atoms with van der Waals surface area (Å²) >= 11 is 0. The van der Waals surface area contributed by atoms with E-state index in [4.69, 9.17) is 10.5 Å². The molecule has 0 spiro atoms. The number of H-pyrrole nitrogens is 1. The first-order valence-corrected chi connectivity index (χ1v) is 6.99. The zero-order chi connectivity index (χ0) is 16.2. The highest BCUT2D eigenvalue weighted by Gasteiger charge is 2.10. The van der Waals surface area contributed by atoms with Crippen LogP contribution < -0.4 is 21.5 Å². The molecule has 0 atom stereocenters. The first kappa shape index (κ1) is 14.8. The number of nitrogens with zero attached hydrogens (tertiary/aromatic N) is 2. The molecule has 0 saturated carbocycles. The predicted octanol–water partition coefficient (Wildman–Crippen LogP) is 1.29. The molecule has 0 bridgehead atoms. The van der Waals surface area contributed by atoms with Crippen molar-refractivity contribution in [2.75, 3.05) is 11.9 Å². The van der Waals surface area contributed by atoms with E-state index in [1.807, 2.05) is 0 Å². The molecule has 8 heteroatoms. The molecule has 0 radical (unpaired) electrons. The summed E-state index contributed by atoms with van der Waals surface area (Å²) in [6, 6.07) is 8.30. The molecule has 0 unspecified atom stereocenters. The second kappa shape index (κ2) is 6.32. The molecule has 0 aliphatic rings. The number of nitrogens with two attached hydrogens (primary N) is 1. The minimum Gasteiger partial charge on any atom is -0.410 e. The number of imidazole rings is 1. The molecule has 2 heterocycles. The topological polar surface area (TPSA) is 115 Å². The summed E-state index contributed by atoms with van der Waals surface area (Å²) in [6.45, 7) is 0.712. The van der Waals surface area contributed by atoms with Crippen LogP contribution in [0, 0.1) is 0 Å². The summed E-state index contributed by atoms with van der Waals surface area (Å²) < 4.78 is 6.73. The lowest BCUT2D eigenvalue weighted by Crippen LogP contribution is -2.21. The van der Waals surface area contributed by atoms with Crippen molar-refractivity contribution in [2.24, 2.45) is 5.73 Å². The molecule has 1 aromatic carbocycles. The third-order valence-corrected chi connectivity index (χ3v) is 3.22. The number of fused-ring (bicyclic) bond motifs is 1. The maximum Gasteiger partial charge on any atom is 0.417 e. The summed E-state index contributed by atoms with van der Waals surface area (Å²) in [5, 5.41) is 2.56. The fraction of sp³-hybridized carbons (Fsp3) is 0.133. The van der Waals surface area contributed by atoms with E-state index < -0.39 is 6.09 Å². The number of aromatic amines is 1. The van der Waals surface area contributed by atoms with Gasteiger partial charge in [0.05, 0.1) is 22.9 Å². The molecule has 8 nitrogen and oxygen atoms in total. The number of anilines is 1. The molecule has 3 aromatic rings. The summed E-state index contributed by atoms with van der Waals surface area (Å²) in [7, 11) is 0. The molecular weight excluding hydrogens is 298 g/mol. The van der Waals surface area contributed by atoms with Gasteiger partial charge >= 0.3 is 11.8 Å². The van der Waals surface area contributed by atoms with Crippen LogP contribution in [0.25, 0.3) is 11.0 Å². The molecule has 0 fully saturated rings. The predicted molar refractivity (Wildman–Crippen MR) is 85.5 cm³/mol. The lowest BCUT2D eigenvalue weighted by Gasteiger charge is -2.07. The smallest absolute Gasteiger partial charge is 0.410 e. The molecule has 0 saturated heterocycles. The second-order valence-electron chi connectivity index (χ2n) is 4.81. The molecule has 1 amide bonds. The molecule has 3 rings (SSSR count). The molecule has 118 valence electrons. The quantitative estimate of drug-likeness (QED) is 0.671. The zero-order valence-electron chi connectivity index (χ0n) is 12.2. The van der Waals surface area contributed by atoms with Gasteiger partial charge in [-0.15, -0.1) is 0 Å². The van der Waals surface area contributed by atoms with E-state index >= 15 is 0 Å². The van der Waals surface area contributed by atoms with Crippen LogP contribution in [0.4, 0.5) is 10.5 Å². The Morgan fingerprint density at radius 3 is 3.00 bits per heavy atom. The first-order chi connectivity index (χ1) is 11.2. The van der Waals surface area contributed by atoms with Crippen LogP contribution >= 0.6 is 0 Å². The van der Waals surface area contributed by atoms with E-state index in [2.05, 4.69) is 15.3 Å². The highest BCUT2D eigenvalue weighted by molar-refractivity contribution is 5.87. The third-order valence-electron chi connectivity index (χ3n) is 3.22. The number of pyridine rings is 1. The van der Waals surface area contributed by atoms with E-state index in [0.717, 1.165) is 0 Å². The van der Waals surface area contributed by atoms with Crippen molar-refractivity contribution in [3.8, 4) is 5.75 Å². The van der Waals surface area contributed by atoms with Gasteiger partial charge in [-0.3, -0.25) is 14.9 Å². The van der Waals surface area contributed by atoms with Gasteiger partial charge in [0.25, 0.3) is 0 Å². The van der Waals surface area contributed by atoms with Gasteiger partial charge in [0.2, 0.25) is 0 Å². The number of ether oxygens (including phenoxy) is 1. The van der Waals surface area contributed by atoms with Gasteiger partial charge in [-0.1, -0.05) is 0 Å². The zero-order valence-corrected chi connectivity index (χ0v) is 12.2. The van der Waals surface area contributed by atoms with Crippen molar-refractivity contribution in [2.45, 2.75) is 6.54 Å². The Bertz CT molecular complexity index is 885. The van der Waals surface area contributed by atoms with Crippen molar-refractivity contribution in [3.63, 3.8) is 0 Å². The number of hydrogen-bond donors (Lipinski definition) is 3. The van der Waals surface area contributed by atoms with Crippen molar-refractivity contribution >= 4 is 22.8 Å². The van der Waals surface area contributed by atoms with Gasteiger partial charge < -0.3 is 15.5 Å². The van der Waals surface area contributed by atoms with Gasteiger partial charge in [-0.25, -0.2) is 9.59 Å². The van der Waals surface area contributed by atoms with Crippen molar-refractivity contribution < 1.29 is 9.53 Å². The van der Waals surface area contributed by atoms with Gasteiger partial charge in [-0.2, -0.15) is 0 Å². The van der Waals surface area contributed by atoms with E-state index in [1.165, 1.54) is 10.8 Å². The average molecular weight is 313 g/mol. The molecule has 23 heavy (non-hydrogen) atoms. The molecule has 0 aliphatic heterocycles. The van der Waals surface area contributed by atoms with E-state index in [9.17, 15) is 9.59 Å². The van der Waals surface area contributed by atoms with Crippen molar-refractivity contribution in [3.05, 3.63) is 53.2 Å². The molecule has 2 aromatic heterocycles. The number of amides is 1. The number of nitrogens with one attached hydrogen (secondary N) is 2. The Morgan fingerprint density at radius 1 is 1.39 bits per heavy atom. The highest BCUT2D eigenvalue weighted by atomic mass is 16.6. The van der Waals surface area contributed by atoms with Crippen molar-refractivity contribution in [1.29, 1.82) is 0 Å². The second-order valence-corrected chi connectivity index (χ2v) is 4.81. The van der Waals surface area contributed by atoms with Crippen LogP contribution in [0.15, 0.2) is 47.5 Å². The van der Waals surface area contributed by atoms with E-state index in [1.54, 1.807) is 36.5 Å². The fourth-order valence-corrected chi connectivity index (χ4v) is 2.23. The summed E-state index contributed by atoms with van der Waals surface area (Å²) in [5.74, 6) is 0.323. The Kier molecular flexibility index (Phi) is 4.07. The van der Waals surface area contributed by atoms with Gasteiger partial charge in [-0.05, 0) is 24.3 Å². The first-order valence-electron chi connectivity index (χ1n) is 6.99. The monoisotopic (exact) mass is 313 g/mol.